The monoisotopic (exact) mass is 368 g/mol. The molecule has 6 nitrogen and oxygen atoms in total. The Morgan fingerprint density at radius 1 is 1.28 bits per heavy atom. The van der Waals surface area contributed by atoms with Crippen molar-refractivity contribution in [1.82, 2.24) is 10.2 Å². The second-order valence-electron chi connectivity index (χ2n) is 7.31. The molecule has 0 spiro atoms. The summed E-state index contributed by atoms with van der Waals surface area (Å²) >= 11 is 0. The molecule has 0 aromatic heterocycles. The van der Waals surface area contributed by atoms with Crippen LogP contribution in [0, 0.1) is 5.92 Å². The molecule has 1 aliphatic heterocycles. The Morgan fingerprint density at radius 3 is 2.48 bits per heavy atom. The molecule has 2 amide bonds. The van der Waals surface area contributed by atoms with E-state index < -0.39 is 36.4 Å². The number of carbonyl (C=O) groups excluding carboxylic acids is 2. The summed E-state index contributed by atoms with van der Waals surface area (Å²) in [4.78, 5) is 25.8. The first-order valence-electron chi connectivity index (χ1n) is 8.30. The number of piperidine rings is 1. The molecule has 9 heteroatoms. The predicted molar refractivity (Wildman–Crippen MR) is 85.0 cm³/mol. The molecule has 1 heterocycles. The van der Waals surface area contributed by atoms with Crippen molar-refractivity contribution >= 4 is 12.0 Å². The van der Waals surface area contributed by atoms with Gasteiger partial charge in [0.05, 0.1) is 12.5 Å². The van der Waals surface area contributed by atoms with Crippen LogP contribution in [0.5, 0.6) is 0 Å². The van der Waals surface area contributed by atoms with E-state index in [2.05, 4.69) is 10.1 Å². The third kappa shape index (κ3) is 8.94. The van der Waals surface area contributed by atoms with Gasteiger partial charge in [0, 0.05) is 19.1 Å². The van der Waals surface area contributed by atoms with Crippen LogP contribution < -0.4 is 5.32 Å². The van der Waals surface area contributed by atoms with Gasteiger partial charge in [-0.3, -0.25) is 4.79 Å². The van der Waals surface area contributed by atoms with Gasteiger partial charge in [-0.15, -0.1) is 0 Å². The summed E-state index contributed by atoms with van der Waals surface area (Å²) in [7, 11) is 0. The van der Waals surface area contributed by atoms with E-state index in [-0.39, 0.29) is 19.1 Å². The number of hydrogen-bond acceptors (Lipinski definition) is 4. The van der Waals surface area contributed by atoms with Gasteiger partial charge in [-0.05, 0) is 40.5 Å². The predicted octanol–water partition coefficient (Wildman–Crippen LogP) is 2.72. The van der Waals surface area contributed by atoms with Crippen LogP contribution in [0.1, 0.15) is 40.5 Å². The third-order valence-corrected chi connectivity index (χ3v) is 3.47. The number of amides is 2. The molecule has 1 rings (SSSR count). The Morgan fingerprint density at radius 2 is 1.92 bits per heavy atom. The molecule has 0 aromatic rings. The molecule has 1 N–H and O–H groups in total. The summed E-state index contributed by atoms with van der Waals surface area (Å²) in [5, 5.41) is 2.63. The summed E-state index contributed by atoms with van der Waals surface area (Å²) in [5.74, 6) is -0.706. The number of hydrogen-bond donors (Lipinski definition) is 1. The Labute approximate surface area is 146 Å². The van der Waals surface area contributed by atoms with E-state index in [1.54, 1.807) is 27.7 Å². The highest BCUT2D eigenvalue weighted by molar-refractivity contribution is 5.80. The fraction of sp³-hybridized carbons (Fsp3) is 0.875. The lowest BCUT2D eigenvalue weighted by Crippen LogP contribution is -2.49. The van der Waals surface area contributed by atoms with E-state index >= 15 is 0 Å². The standard InChI is InChI=1S/C16H27F3N2O4/c1-11(9-24-10-16(17,18)19)20-13(22)12-6-5-7-21(8-12)14(23)25-15(2,3)4/h11-12H,5-10H2,1-4H3,(H,20,22). The second-order valence-corrected chi connectivity index (χ2v) is 7.31. The summed E-state index contributed by atoms with van der Waals surface area (Å²) in [5.41, 5.74) is -0.614. The molecule has 2 atom stereocenters. The van der Waals surface area contributed by atoms with E-state index in [9.17, 15) is 22.8 Å². The molecule has 2 unspecified atom stereocenters. The number of likely N-dealkylation sites (tertiary alicyclic amines) is 1. The Bertz CT molecular complexity index is 463. The number of ether oxygens (including phenoxy) is 2. The van der Waals surface area contributed by atoms with E-state index in [1.807, 2.05) is 0 Å². The molecule has 0 radical (unpaired) electrons. The van der Waals surface area contributed by atoms with Crippen molar-refractivity contribution in [1.29, 1.82) is 0 Å². The summed E-state index contributed by atoms with van der Waals surface area (Å²) < 4.78 is 45.9. The zero-order valence-corrected chi connectivity index (χ0v) is 15.1. The topological polar surface area (TPSA) is 67.9 Å². The largest absolute Gasteiger partial charge is 0.444 e. The Balaban J connectivity index is 2.43. The normalized spacial score (nSPS) is 20.1. The first-order valence-corrected chi connectivity index (χ1v) is 8.30. The zero-order chi connectivity index (χ0) is 19.3. The van der Waals surface area contributed by atoms with Crippen molar-refractivity contribution in [3.63, 3.8) is 0 Å². The average Bonchev–Trinajstić information content (AvgIpc) is 2.44. The maximum atomic E-state index is 12.3. The maximum Gasteiger partial charge on any atom is 0.411 e. The minimum absolute atomic E-state index is 0.228. The van der Waals surface area contributed by atoms with Crippen LogP contribution in [0.2, 0.25) is 0 Å². The molecule has 25 heavy (non-hydrogen) atoms. The van der Waals surface area contributed by atoms with Crippen molar-refractivity contribution in [3.05, 3.63) is 0 Å². The van der Waals surface area contributed by atoms with Crippen LogP contribution in [-0.2, 0) is 14.3 Å². The third-order valence-electron chi connectivity index (χ3n) is 3.47. The highest BCUT2D eigenvalue weighted by Crippen LogP contribution is 2.20. The fourth-order valence-electron chi connectivity index (χ4n) is 2.44. The van der Waals surface area contributed by atoms with E-state index in [0.29, 0.717) is 19.4 Å². The molecule has 146 valence electrons. The van der Waals surface area contributed by atoms with Gasteiger partial charge >= 0.3 is 12.3 Å². The van der Waals surface area contributed by atoms with Crippen molar-refractivity contribution in [3.8, 4) is 0 Å². The molecule has 1 fully saturated rings. The van der Waals surface area contributed by atoms with Crippen molar-refractivity contribution in [2.75, 3.05) is 26.3 Å². The van der Waals surface area contributed by atoms with Crippen molar-refractivity contribution in [2.45, 2.75) is 58.4 Å². The number of carbonyl (C=O) groups is 2. The summed E-state index contributed by atoms with van der Waals surface area (Å²) in [6.07, 6.45) is -3.58. The van der Waals surface area contributed by atoms with Crippen molar-refractivity contribution < 1.29 is 32.2 Å². The van der Waals surface area contributed by atoms with Crippen LogP contribution in [0.4, 0.5) is 18.0 Å². The van der Waals surface area contributed by atoms with Crippen LogP contribution in [0.25, 0.3) is 0 Å². The molecule has 0 bridgehead atoms. The smallest absolute Gasteiger partial charge is 0.411 e. The van der Waals surface area contributed by atoms with Gasteiger partial charge in [-0.2, -0.15) is 13.2 Å². The van der Waals surface area contributed by atoms with Gasteiger partial charge in [0.2, 0.25) is 5.91 Å². The highest BCUT2D eigenvalue weighted by Gasteiger charge is 2.32. The number of rotatable bonds is 5. The van der Waals surface area contributed by atoms with Crippen LogP contribution >= 0.6 is 0 Å². The molecule has 0 aliphatic carbocycles. The lowest BCUT2D eigenvalue weighted by atomic mass is 9.97. The molecule has 0 saturated carbocycles. The van der Waals surface area contributed by atoms with E-state index in [1.165, 1.54) is 4.90 Å². The Kier molecular flexibility index (Phi) is 7.52. The quantitative estimate of drug-likeness (QED) is 0.810. The summed E-state index contributed by atoms with van der Waals surface area (Å²) in [6, 6.07) is -0.549. The van der Waals surface area contributed by atoms with Crippen LogP contribution in [0.3, 0.4) is 0 Å². The number of alkyl halides is 3. The molecular weight excluding hydrogens is 341 g/mol. The van der Waals surface area contributed by atoms with Crippen LogP contribution in [-0.4, -0.2) is 61.0 Å². The van der Waals surface area contributed by atoms with E-state index in [0.717, 1.165) is 0 Å². The zero-order valence-electron chi connectivity index (χ0n) is 15.1. The summed E-state index contributed by atoms with van der Waals surface area (Å²) in [6.45, 7) is 6.05. The number of nitrogens with zero attached hydrogens (tertiary/aromatic N) is 1. The lowest BCUT2D eigenvalue weighted by molar-refractivity contribution is -0.175. The maximum absolute atomic E-state index is 12.3. The minimum atomic E-state index is -4.39. The van der Waals surface area contributed by atoms with E-state index in [4.69, 9.17) is 4.74 Å². The van der Waals surface area contributed by atoms with Gasteiger partial charge in [-0.1, -0.05) is 0 Å². The molecule has 0 aromatic carbocycles. The van der Waals surface area contributed by atoms with Crippen LogP contribution in [0.15, 0.2) is 0 Å². The number of halogens is 3. The first-order chi connectivity index (χ1) is 11.4. The fourth-order valence-corrected chi connectivity index (χ4v) is 2.44. The average molecular weight is 368 g/mol. The number of nitrogens with one attached hydrogen (secondary N) is 1. The lowest BCUT2D eigenvalue weighted by Gasteiger charge is -2.34. The molecular formula is C16H27F3N2O4. The van der Waals surface area contributed by atoms with Gasteiger partial charge in [0.1, 0.15) is 12.2 Å². The first kappa shape index (κ1) is 21.5. The SMILES string of the molecule is CC(COCC(F)(F)F)NC(=O)C1CCCN(C(=O)OC(C)(C)C)C1. The van der Waals surface area contributed by atoms with Gasteiger partial charge in [0.15, 0.2) is 0 Å². The second kappa shape index (κ2) is 8.73. The Hall–Kier alpha value is -1.51. The molecule has 1 saturated heterocycles. The van der Waals surface area contributed by atoms with Gasteiger partial charge in [-0.25, -0.2) is 4.79 Å². The van der Waals surface area contributed by atoms with Crippen molar-refractivity contribution in [2.24, 2.45) is 5.92 Å². The molecule has 1 aliphatic rings. The van der Waals surface area contributed by atoms with Gasteiger partial charge in [0.25, 0.3) is 0 Å². The van der Waals surface area contributed by atoms with Gasteiger partial charge < -0.3 is 19.7 Å². The highest BCUT2D eigenvalue weighted by atomic mass is 19.4. The minimum Gasteiger partial charge on any atom is -0.444 e.